The molecule has 0 spiro atoms. The number of carbonyl (C=O) groups excluding carboxylic acids is 1. The van der Waals surface area contributed by atoms with Crippen molar-refractivity contribution >= 4 is 16.2 Å². The van der Waals surface area contributed by atoms with Crippen molar-refractivity contribution in [3.63, 3.8) is 0 Å². The molecule has 0 aromatic carbocycles. The van der Waals surface area contributed by atoms with Crippen LogP contribution in [0.15, 0.2) is 0 Å². The molecule has 96 valence electrons. The highest BCUT2D eigenvalue weighted by Gasteiger charge is 2.29. The molecule has 0 aliphatic carbocycles. The fraction of sp³-hybridized carbons (Fsp3) is 0.889. The van der Waals surface area contributed by atoms with Gasteiger partial charge in [0.1, 0.15) is 12.0 Å². The van der Waals surface area contributed by atoms with Crippen LogP contribution in [0.1, 0.15) is 27.7 Å². The number of carbonyl (C=O) groups is 1. The van der Waals surface area contributed by atoms with Crippen LogP contribution in [0.3, 0.4) is 0 Å². The molecule has 0 amide bonds. The Morgan fingerprint density at radius 1 is 1.31 bits per heavy atom. The Hall–Kier alpha value is -0.660. The first kappa shape index (κ1) is 15.3. The summed E-state index contributed by atoms with van der Waals surface area (Å²) in [6.07, 6.45) is 0. The highest BCUT2D eigenvalue weighted by atomic mass is 32.2. The molecular formula is C9H20N2O4S. The monoisotopic (exact) mass is 252 g/mol. The Balaban J connectivity index is 4.86. The van der Waals surface area contributed by atoms with Crippen LogP contribution in [0.25, 0.3) is 0 Å². The van der Waals surface area contributed by atoms with E-state index in [-0.39, 0.29) is 5.92 Å². The molecule has 0 unspecified atom stereocenters. The summed E-state index contributed by atoms with van der Waals surface area (Å²) in [6, 6.07) is -1.08. The van der Waals surface area contributed by atoms with Crippen molar-refractivity contribution in [2.75, 3.05) is 13.1 Å². The number of hydrogen-bond acceptors (Lipinski definition) is 4. The van der Waals surface area contributed by atoms with E-state index in [1.807, 2.05) is 0 Å². The van der Waals surface area contributed by atoms with Crippen molar-refractivity contribution in [3.05, 3.63) is 0 Å². The van der Waals surface area contributed by atoms with Crippen molar-refractivity contribution in [2.45, 2.75) is 33.7 Å². The Kier molecular flexibility index (Phi) is 5.91. The second-order valence-corrected chi connectivity index (χ2v) is 5.67. The Bertz CT molecular complexity index is 322. The second kappa shape index (κ2) is 6.17. The largest absolute Gasteiger partial charge is 0.544 e. The highest BCUT2D eigenvalue weighted by Crippen LogP contribution is 1.98. The van der Waals surface area contributed by atoms with Gasteiger partial charge in [0.05, 0.1) is 0 Å². The normalized spacial score (nSPS) is 14.4. The molecule has 0 saturated carbocycles. The zero-order chi connectivity index (χ0) is 12.9. The molecule has 0 aliphatic heterocycles. The van der Waals surface area contributed by atoms with Crippen LogP contribution in [0, 0.1) is 5.92 Å². The predicted octanol–water partition coefficient (Wildman–Crippen LogP) is -2.09. The van der Waals surface area contributed by atoms with Gasteiger partial charge in [0.25, 0.3) is 0 Å². The summed E-state index contributed by atoms with van der Waals surface area (Å²) in [7, 11) is -3.62. The zero-order valence-electron chi connectivity index (χ0n) is 10.1. The van der Waals surface area contributed by atoms with Gasteiger partial charge in [0, 0.05) is 19.0 Å². The van der Waals surface area contributed by atoms with Crippen molar-refractivity contribution in [1.29, 1.82) is 0 Å². The third-order valence-electron chi connectivity index (χ3n) is 2.37. The van der Waals surface area contributed by atoms with E-state index in [2.05, 4.69) is 0 Å². The van der Waals surface area contributed by atoms with E-state index < -0.39 is 22.2 Å². The van der Waals surface area contributed by atoms with E-state index in [1.165, 1.54) is 4.31 Å². The molecule has 0 aromatic rings. The summed E-state index contributed by atoms with van der Waals surface area (Å²) in [5, 5.41) is 10.8. The maximum atomic E-state index is 11.8. The van der Waals surface area contributed by atoms with Gasteiger partial charge in [0.2, 0.25) is 0 Å². The number of hydrogen-bond donors (Lipinski definition) is 1. The van der Waals surface area contributed by atoms with Crippen LogP contribution >= 0.6 is 0 Å². The van der Waals surface area contributed by atoms with E-state index in [1.54, 1.807) is 27.7 Å². The number of quaternary nitrogens is 1. The van der Waals surface area contributed by atoms with E-state index in [0.717, 1.165) is 4.72 Å². The molecule has 6 nitrogen and oxygen atoms in total. The molecule has 0 rings (SSSR count). The minimum atomic E-state index is -3.62. The van der Waals surface area contributed by atoms with Gasteiger partial charge in [-0.05, 0) is 0 Å². The van der Waals surface area contributed by atoms with Crippen LogP contribution < -0.4 is 9.83 Å². The minimum Gasteiger partial charge on any atom is -0.544 e. The maximum absolute atomic E-state index is 11.8. The average molecular weight is 252 g/mol. The molecule has 16 heavy (non-hydrogen) atoms. The predicted molar refractivity (Wildman–Crippen MR) is 57.4 cm³/mol. The van der Waals surface area contributed by atoms with Crippen LogP contribution in [0.4, 0.5) is 0 Å². The summed E-state index contributed by atoms with van der Waals surface area (Å²) in [5.74, 6) is -1.67. The first-order valence-corrected chi connectivity index (χ1v) is 6.82. The first-order valence-electron chi connectivity index (χ1n) is 5.32. The fourth-order valence-corrected chi connectivity index (χ4v) is 3.03. The molecule has 0 heterocycles. The van der Waals surface area contributed by atoms with Crippen LogP contribution in [-0.2, 0) is 15.0 Å². The lowest BCUT2D eigenvalue weighted by Gasteiger charge is -2.23. The fourth-order valence-electron chi connectivity index (χ4n) is 1.34. The second-order valence-electron chi connectivity index (χ2n) is 3.85. The summed E-state index contributed by atoms with van der Waals surface area (Å²) in [5.41, 5.74) is 0. The van der Waals surface area contributed by atoms with Gasteiger partial charge < -0.3 is 9.90 Å². The van der Waals surface area contributed by atoms with Crippen LogP contribution in [-0.4, -0.2) is 37.8 Å². The Morgan fingerprint density at radius 2 is 1.75 bits per heavy atom. The lowest BCUT2D eigenvalue weighted by molar-refractivity contribution is -0.551. The quantitative estimate of drug-likeness (QED) is 0.562. The van der Waals surface area contributed by atoms with Gasteiger partial charge in [-0.25, -0.2) is 4.72 Å². The van der Waals surface area contributed by atoms with Gasteiger partial charge in [-0.15, -0.1) is 0 Å². The van der Waals surface area contributed by atoms with Crippen molar-refractivity contribution < 1.29 is 23.0 Å². The van der Waals surface area contributed by atoms with Crippen molar-refractivity contribution in [1.82, 2.24) is 4.31 Å². The lowest BCUT2D eigenvalue weighted by atomic mass is 10.1. The highest BCUT2D eigenvalue weighted by molar-refractivity contribution is 7.82. The summed E-state index contributed by atoms with van der Waals surface area (Å²) >= 11 is 0. The summed E-state index contributed by atoms with van der Waals surface area (Å²) in [4.78, 5) is 10.8. The molecule has 2 N–H and O–H groups in total. The Morgan fingerprint density at radius 3 is 2.00 bits per heavy atom. The molecule has 0 aliphatic rings. The topological polar surface area (TPSA) is 94.1 Å². The number of rotatable bonds is 7. The molecule has 0 radical (unpaired) electrons. The third-order valence-corrected chi connectivity index (χ3v) is 4.25. The third kappa shape index (κ3) is 4.07. The van der Waals surface area contributed by atoms with Crippen molar-refractivity contribution in [2.24, 2.45) is 5.92 Å². The average Bonchev–Trinajstić information content (AvgIpc) is 2.14. The number of aliphatic carboxylic acids is 1. The van der Waals surface area contributed by atoms with Gasteiger partial charge in [-0.1, -0.05) is 27.7 Å². The summed E-state index contributed by atoms with van der Waals surface area (Å²) in [6.45, 7) is 7.36. The van der Waals surface area contributed by atoms with Gasteiger partial charge in [0.15, 0.2) is 0 Å². The van der Waals surface area contributed by atoms with E-state index in [0.29, 0.717) is 13.1 Å². The molecule has 1 atom stereocenters. The zero-order valence-corrected chi connectivity index (χ0v) is 11.0. The molecule has 7 heteroatoms. The minimum absolute atomic E-state index is 0.310. The van der Waals surface area contributed by atoms with Crippen LogP contribution in [0.2, 0.25) is 0 Å². The standard InChI is InChI=1S/C9H20N2O4S/c1-5-11(6-2)16(14,15)10-8(7(3)4)9(12)13/h7-8,10H,5-6H2,1-4H3,(H,12,13)/t8-/m0/s1. The van der Waals surface area contributed by atoms with Gasteiger partial charge in [-0.2, -0.15) is 12.7 Å². The number of carboxylic acids is 1. The number of nitrogens with two attached hydrogens (primary N) is 1. The Labute approximate surface area is 96.8 Å². The van der Waals surface area contributed by atoms with Crippen molar-refractivity contribution in [3.8, 4) is 0 Å². The van der Waals surface area contributed by atoms with E-state index in [4.69, 9.17) is 0 Å². The number of carboxylic acid groups (broad SMARTS) is 1. The first-order chi connectivity index (χ1) is 7.26. The molecule has 0 saturated heterocycles. The molecule has 0 aromatic heterocycles. The van der Waals surface area contributed by atoms with E-state index >= 15 is 0 Å². The van der Waals surface area contributed by atoms with Gasteiger partial charge in [-0.3, -0.25) is 0 Å². The molecule has 0 bridgehead atoms. The lowest BCUT2D eigenvalue weighted by Crippen LogP contribution is -2.98. The number of nitrogens with zero attached hydrogens (tertiary/aromatic N) is 1. The maximum Gasteiger partial charge on any atom is 0.369 e. The van der Waals surface area contributed by atoms with Crippen LogP contribution in [0.5, 0.6) is 0 Å². The van der Waals surface area contributed by atoms with Gasteiger partial charge >= 0.3 is 10.2 Å². The molecule has 0 fully saturated rings. The SMILES string of the molecule is CCN(CC)S(=O)(=O)[NH2+][C@H](C(=O)[O-])C(C)C. The van der Waals surface area contributed by atoms with E-state index in [9.17, 15) is 18.3 Å². The molecular weight excluding hydrogens is 232 g/mol. The summed E-state index contributed by atoms with van der Waals surface area (Å²) < 4.78 is 25.7. The smallest absolute Gasteiger partial charge is 0.369 e.